The van der Waals surface area contributed by atoms with Gasteiger partial charge in [0.05, 0.1) is 0 Å². The van der Waals surface area contributed by atoms with E-state index in [0.717, 1.165) is 50.3 Å². The number of carboxylic acids is 2. The third-order valence-electron chi connectivity index (χ3n) is 10.0. The van der Waals surface area contributed by atoms with Gasteiger partial charge in [0.15, 0.2) is 0 Å². The Morgan fingerprint density at radius 1 is 0.489 bits per heavy atom. The molecular weight excluding hydrogens is 577 g/mol. The molecule has 3 unspecified atom stereocenters. The molecule has 0 radical (unpaired) electrons. The zero-order valence-corrected chi connectivity index (χ0v) is 31.5. The third-order valence-corrected chi connectivity index (χ3v) is 11.6. The van der Waals surface area contributed by atoms with Gasteiger partial charge in [-0.3, -0.25) is 9.59 Å². The maximum atomic E-state index is 12.5. The lowest BCUT2D eigenvalue weighted by molar-refractivity contribution is -0.141. The highest BCUT2D eigenvalue weighted by atomic mass is 32.2. The standard InChI is InChI=1S/C40H78O4S/c1-5-7-9-11-13-15-17-19-21-23-25-27-29-31-33-35-37(40(4,39(43)44)45-36(3)38(41)42)34-32-30-28-26-24-22-20-18-16-14-12-10-8-6-2/h36-37H,5-35H2,1-4H3,(H,41,42)(H,43,44). The molecule has 0 rings (SSSR count). The fourth-order valence-corrected chi connectivity index (χ4v) is 8.15. The van der Waals surface area contributed by atoms with Gasteiger partial charge in [0.1, 0.15) is 10.00 Å². The Balaban J connectivity index is 4.30. The lowest BCUT2D eigenvalue weighted by Crippen LogP contribution is -2.42. The maximum absolute atomic E-state index is 12.5. The molecule has 0 fully saturated rings. The van der Waals surface area contributed by atoms with Crippen molar-refractivity contribution in [3.05, 3.63) is 0 Å². The Morgan fingerprint density at radius 3 is 0.956 bits per heavy atom. The topological polar surface area (TPSA) is 74.6 Å². The summed E-state index contributed by atoms with van der Waals surface area (Å²) in [5.41, 5.74) is 0. The van der Waals surface area contributed by atoms with Crippen molar-refractivity contribution < 1.29 is 19.8 Å². The van der Waals surface area contributed by atoms with Crippen molar-refractivity contribution in [2.24, 2.45) is 5.92 Å². The fourth-order valence-electron chi connectivity index (χ4n) is 6.78. The van der Waals surface area contributed by atoms with Gasteiger partial charge in [-0.05, 0) is 32.6 Å². The average molecular weight is 655 g/mol. The van der Waals surface area contributed by atoms with E-state index in [-0.39, 0.29) is 5.92 Å². The summed E-state index contributed by atoms with van der Waals surface area (Å²) < 4.78 is -1.05. The van der Waals surface area contributed by atoms with Crippen LogP contribution in [0.25, 0.3) is 0 Å². The Hall–Kier alpha value is -0.710. The Labute approximate surface area is 285 Å². The summed E-state index contributed by atoms with van der Waals surface area (Å²) in [6.07, 6.45) is 40.1. The molecule has 2 N–H and O–H groups in total. The molecule has 268 valence electrons. The van der Waals surface area contributed by atoms with Gasteiger partial charge < -0.3 is 10.2 Å². The number of hydrogen-bond acceptors (Lipinski definition) is 3. The minimum atomic E-state index is -1.05. The number of thioether (sulfide) groups is 1. The van der Waals surface area contributed by atoms with E-state index in [1.54, 1.807) is 13.8 Å². The van der Waals surface area contributed by atoms with Crippen LogP contribution in [0.4, 0.5) is 0 Å². The Bertz CT molecular complexity index is 669. The van der Waals surface area contributed by atoms with Gasteiger partial charge in [-0.15, -0.1) is 11.8 Å². The summed E-state index contributed by atoms with van der Waals surface area (Å²) in [6.45, 7) is 7.97. The van der Waals surface area contributed by atoms with Gasteiger partial charge in [0.25, 0.3) is 0 Å². The molecule has 0 aliphatic carbocycles. The maximum Gasteiger partial charge on any atom is 0.319 e. The molecule has 0 aliphatic heterocycles. The lowest BCUT2D eigenvalue weighted by atomic mass is 9.83. The number of carbonyl (C=O) groups is 2. The van der Waals surface area contributed by atoms with Crippen molar-refractivity contribution in [1.82, 2.24) is 0 Å². The van der Waals surface area contributed by atoms with Crippen LogP contribution in [-0.4, -0.2) is 32.1 Å². The summed E-state index contributed by atoms with van der Waals surface area (Å²) in [5.74, 6) is -1.76. The highest BCUT2D eigenvalue weighted by Crippen LogP contribution is 2.42. The first-order valence-electron chi connectivity index (χ1n) is 19.9. The van der Waals surface area contributed by atoms with Crippen molar-refractivity contribution >= 4 is 23.7 Å². The molecule has 0 aromatic rings. The van der Waals surface area contributed by atoms with Gasteiger partial charge in [-0.1, -0.05) is 200 Å². The molecule has 0 aliphatic rings. The van der Waals surface area contributed by atoms with E-state index >= 15 is 0 Å². The van der Waals surface area contributed by atoms with Gasteiger partial charge in [-0.2, -0.15) is 0 Å². The molecule has 0 bridgehead atoms. The molecule has 0 saturated carbocycles. The van der Waals surface area contributed by atoms with Crippen molar-refractivity contribution in [2.75, 3.05) is 0 Å². The summed E-state index contributed by atoms with van der Waals surface area (Å²) in [5, 5.41) is 19.1. The minimum absolute atomic E-state index is 0.0149. The summed E-state index contributed by atoms with van der Waals surface area (Å²) >= 11 is 1.15. The van der Waals surface area contributed by atoms with Crippen molar-refractivity contribution in [3.8, 4) is 0 Å². The normalized spacial score (nSPS) is 14.3. The predicted octanol–water partition coefficient (Wildman–Crippen LogP) is 13.8. The summed E-state index contributed by atoms with van der Waals surface area (Å²) in [7, 11) is 0. The lowest BCUT2D eigenvalue weighted by Gasteiger charge is -2.35. The zero-order chi connectivity index (χ0) is 33.4. The molecule has 0 aromatic heterocycles. The SMILES string of the molecule is CCCCCCCCCCCCCCCCCC(CCCCCCCCCCCCCCCC)C(C)(SC(C)C(=O)O)C(=O)O. The molecular formula is C40H78O4S. The van der Waals surface area contributed by atoms with Crippen LogP contribution in [0.3, 0.4) is 0 Å². The molecule has 4 nitrogen and oxygen atoms in total. The summed E-state index contributed by atoms with van der Waals surface area (Å²) in [4.78, 5) is 24.1. The van der Waals surface area contributed by atoms with Crippen LogP contribution in [0.15, 0.2) is 0 Å². The highest BCUT2D eigenvalue weighted by Gasteiger charge is 2.43. The smallest absolute Gasteiger partial charge is 0.319 e. The van der Waals surface area contributed by atoms with Crippen LogP contribution < -0.4 is 0 Å². The predicted molar refractivity (Wildman–Crippen MR) is 199 cm³/mol. The molecule has 3 atom stereocenters. The van der Waals surface area contributed by atoms with Gasteiger partial charge in [0, 0.05) is 0 Å². The molecule has 0 heterocycles. The van der Waals surface area contributed by atoms with Crippen molar-refractivity contribution in [1.29, 1.82) is 0 Å². The van der Waals surface area contributed by atoms with Crippen LogP contribution in [0.2, 0.25) is 0 Å². The molecule has 5 heteroatoms. The molecule has 0 amide bonds. The quantitative estimate of drug-likeness (QED) is 0.0658. The number of rotatable bonds is 36. The van der Waals surface area contributed by atoms with Crippen molar-refractivity contribution in [3.63, 3.8) is 0 Å². The largest absolute Gasteiger partial charge is 0.480 e. The monoisotopic (exact) mass is 655 g/mol. The van der Waals surface area contributed by atoms with E-state index < -0.39 is 21.9 Å². The van der Waals surface area contributed by atoms with Crippen LogP contribution in [0, 0.1) is 5.92 Å². The summed E-state index contributed by atoms with van der Waals surface area (Å²) in [6, 6.07) is 0. The Morgan fingerprint density at radius 2 is 0.733 bits per heavy atom. The second-order valence-electron chi connectivity index (χ2n) is 14.3. The first-order valence-corrected chi connectivity index (χ1v) is 20.8. The second-order valence-corrected chi connectivity index (χ2v) is 16.1. The van der Waals surface area contributed by atoms with Crippen LogP contribution in [0.1, 0.15) is 227 Å². The number of carboxylic acid groups (broad SMARTS) is 2. The molecule has 0 spiro atoms. The first-order chi connectivity index (χ1) is 21.8. The molecule has 0 aromatic carbocycles. The number of hydrogen-bond donors (Lipinski definition) is 2. The van der Waals surface area contributed by atoms with Gasteiger partial charge >= 0.3 is 11.9 Å². The van der Waals surface area contributed by atoms with E-state index in [0.29, 0.717) is 0 Å². The van der Waals surface area contributed by atoms with Crippen LogP contribution in [-0.2, 0) is 9.59 Å². The molecule has 0 saturated heterocycles. The van der Waals surface area contributed by atoms with E-state index in [1.165, 1.54) is 161 Å². The third kappa shape index (κ3) is 26.0. The Kier molecular flexibility index (Phi) is 31.4. The number of aliphatic carboxylic acids is 2. The van der Waals surface area contributed by atoms with Gasteiger partial charge in [-0.25, -0.2) is 0 Å². The van der Waals surface area contributed by atoms with Crippen molar-refractivity contribution in [2.45, 2.75) is 237 Å². The van der Waals surface area contributed by atoms with Crippen LogP contribution in [0.5, 0.6) is 0 Å². The zero-order valence-electron chi connectivity index (χ0n) is 30.7. The first kappa shape index (κ1) is 44.3. The van der Waals surface area contributed by atoms with E-state index in [1.807, 2.05) is 0 Å². The van der Waals surface area contributed by atoms with Crippen LogP contribution >= 0.6 is 11.8 Å². The molecule has 45 heavy (non-hydrogen) atoms. The number of unbranched alkanes of at least 4 members (excludes halogenated alkanes) is 27. The van der Waals surface area contributed by atoms with E-state index in [2.05, 4.69) is 13.8 Å². The minimum Gasteiger partial charge on any atom is -0.480 e. The average Bonchev–Trinajstić information content (AvgIpc) is 3.01. The van der Waals surface area contributed by atoms with E-state index in [9.17, 15) is 19.8 Å². The second kappa shape index (κ2) is 31.9. The van der Waals surface area contributed by atoms with E-state index in [4.69, 9.17) is 0 Å². The highest BCUT2D eigenvalue weighted by molar-refractivity contribution is 8.02. The van der Waals surface area contributed by atoms with Gasteiger partial charge in [0.2, 0.25) is 0 Å². The fraction of sp³-hybridized carbons (Fsp3) is 0.950.